The van der Waals surface area contributed by atoms with Crippen molar-refractivity contribution < 1.29 is 23.8 Å². The number of methoxy groups -OCH3 is 2. The number of halogens is 1. The summed E-state index contributed by atoms with van der Waals surface area (Å²) in [7, 11) is 2.51. The highest BCUT2D eigenvalue weighted by Crippen LogP contribution is 2.44. The monoisotopic (exact) mass is 405 g/mol. The van der Waals surface area contributed by atoms with Crippen LogP contribution in [0.15, 0.2) is 46.5 Å². The molecule has 0 amide bonds. The molecule has 0 saturated heterocycles. The van der Waals surface area contributed by atoms with Gasteiger partial charge in [-0.05, 0) is 12.8 Å². The molecular weight excluding hydrogens is 382 g/mol. The van der Waals surface area contributed by atoms with Crippen molar-refractivity contribution in [3.05, 3.63) is 47.0 Å². The van der Waals surface area contributed by atoms with Crippen molar-refractivity contribution in [2.75, 3.05) is 20.1 Å². The fourth-order valence-electron chi connectivity index (χ4n) is 3.79. The lowest BCUT2D eigenvalue weighted by molar-refractivity contribution is -0.139. The number of aliphatic imine (C=N–C) groups is 1. The Morgan fingerprint density at radius 1 is 1.11 bits per heavy atom. The first-order valence-electron chi connectivity index (χ1n) is 9.37. The molecular formula is C21H24ClNO5. The van der Waals surface area contributed by atoms with Crippen LogP contribution in [0.2, 0.25) is 0 Å². The van der Waals surface area contributed by atoms with E-state index in [4.69, 9.17) is 30.8 Å². The van der Waals surface area contributed by atoms with Crippen molar-refractivity contribution in [2.45, 2.75) is 43.7 Å². The largest absolute Gasteiger partial charge is 0.466 e. The number of esters is 2. The van der Waals surface area contributed by atoms with Gasteiger partial charge in [0.25, 0.3) is 0 Å². The van der Waals surface area contributed by atoms with Crippen molar-refractivity contribution in [3.8, 4) is 0 Å². The molecule has 1 heterocycles. The molecule has 0 spiro atoms. The van der Waals surface area contributed by atoms with Crippen molar-refractivity contribution >= 4 is 29.4 Å². The van der Waals surface area contributed by atoms with Gasteiger partial charge in [-0.25, -0.2) is 14.6 Å². The van der Waals surface area contributed by atoms with E-state index in [9.17, 15) is 9.59 Å². The zero-order valence-corrected chi connectivity index (χ0v) is 16.8. The van der Waals surface area contributed by atoms with Crippen LogP contribution in [0.5, 0.6) is 0 Å². The smallest absolute Gasteiger partial charge is 0.344 e. The van der Waals surface area contributed by atoms with Crippen LogP contribution in [-0.4, -0.2) is 44.0 Å². The molecule has 1 aliphatic heterocycles. The van der Waals surface area contributed by atoms with Gasteiger partial charge in [0.15, 0.2) is 5.60 Å². The highest BCUT2D eigenvalue weighted by molar-refractivity contribution is 6.26. The second-order valence-corrected chi connectivity index (χ2v) is 7.16. The van der Waals surface area contributed by atoms with Crippen LogP contribution in [0.1, 0.15) is 37.7 Å². The van der Waals surface area contributed by atoms with Gasteiger partial charge in [-0.15, -0.1) is 11.6 Å². The Morgan fingerprint density at radius 3 is 2.32 bits per heavy atom. The van der Waals surface area contributed by atoms with Gasteiger partial charge >= 0.3 is 11.9 Å². The average Bonchev–Trinajstić information content (AvgIpc) is 3.09. The van der Waals surface area contributed by atoms with E-state index in [1.807, 2.05) is 18.2 Å². The Balaban J connectivity index is 2.20. The van der Waals surface area contributed by atoms with Gasteiger partial charge in [-0.2, -0.15) is 0 Å². The van der Waals surface area contributed by atoms with Crippen LogP contribution in [0.4, 0.5) is 0 Å². The Hall–Kier alpha value is -2.34. The van der Waals surface area contributed by atoms with E-state index in [1.165, 1.54) is 20.6 Å². The topological polar surface area (TPSA) is 74.2 Å². The van der Waals surface area contributed by atoms with E-state index in [-0.39, 0.29) is 29.0 Å². The normalized spacial score (nSPS) is 24.2. The standard InChI is InChI=1S/C21H24ClNO5/c1-26-19(24)16-17(20(25)27-2)21(13-22,14-9-5-3-6-10-14)28-18(16)23-15-11-7-4-8-12-15/h3,5-6,9-10,15H,4,7-8,11-13H2,1-2H3. The summed E-state index contributed by atoms with van der Waals surface area (Å²) in [6.07, 6.45) is 5.14. The summed E-state index contributed by atoms with van der Waals surface area (Å²) >= 11 is 6.34. The third-order valence-corrected chi connectivity index (χ3v) is 5.60. The third-order valence-electron chi connectivity index (χ3n) is 5.22. The Bertz CT molecular complexity index is 798. The molecule has 1 fully saturated rings. The summed E-state index contributed by atoms with van der Waals surface area (Å²) in [5, 5.41) is 0. The van der Waals surface area contributed by atoms with E-state index in [0.29, 0.717) is 5.56 Å². The van der Waals surface area contributed by atoms with Crippen LogP contribution in [0.3, 0.4) is 0 Å². The molecule has 1 aromatic rings. The van der Waals surface area contributed by atoms with Crippen molar-refractivity contribution in [3.63, 3.8) is 0 Å². The Morgan fingerprint density at radius 2 is 1.75 bits per heavy atom. The molecule has 7 heteroatoms. The van der Waals surface area contributed by atoms with E-state index in [2.05, 4.69) is 0 Å². The fourth-order valence-corrected chi connectivity index (χ4v) is 4.13. The predicted octanol–water partition coefficient (Wildman–Crippen LogP) is 3.52. The minimum Gasteiger partial charge on any atom is -0.466 e. The van der Waals surface area contributed by atoms with Crippen molar-refractivity contribution in [2.24, 2.45) is 4.99 Å². The summed E-state index contributed by atoms with van der Waals surface area (Å²) in [5.41, 5.74) is -0.713. The molecule has 1 aliphatic carbocycles. The van der Waals surface area contributed by atoms with Gasteiger partial charge in [-0.1, -0.05) is 49.6 Å². The summed E-state index contributed by atoms with van der Waals surface area (Å²) < 4.78 is 16.1. The van der Waals surface area contributed by atoms with Crippen LogP contribution in [0, 0.1) is 0 Å². The predicted molar refractivity (Wildman–Crippen MR) is 105 cm³/mol. The number of carbonyl (C=O) groups excluding carboxylic acids is 2. The van der Waals surface area contributed by atoms with Crippen LogP contribution >= 0.6 is 11.6 Å². The first-order valence-corrected chi connectivity index (χ1v) is 9.91. The van der Waals surface area contributed by atoms with Crippen LogP contribution < -0.4 is 0 Å². The molecule has 3 rings (SSSR count). The maximum absolute atomic E-state index is 12.7. The fraction of sp³-hybridized carbons (Fsp3) is 0.476. The van der Waals surface area contributed by atoms with E-state index in [0.717, 1.165) is 25.7 Å². The number of rotatable bonds is 5. The molecule has 0 bridgehead atoms. The lowest BCUT2D eigenvalue weighted by Gasteiger charge is -2.29. The SMILES string of the molecule is COC(=O)C1=C(C(=O)OC)C(CCl)(c2ccccc2)OC1=NC1CCCCC1. The number of alkyl halides is 1. The number of hydrogen-bond donors (Lipinski definition) is 0. The number of carbonyl (C=O) groups is 2. The minimum atomic E-state index is -1.37. The van der Waals surface area contributed by atoms with E-state index >= 15 is 0 Å². The number of hydrogen-bond acceptors (Lipinski definition) is 6. The molecule has 0 N–H and O–H groups in total. The highest BCUT2D eigenvalue weighted by atomic mass is 35.5. The maximum Gasteiger partial charge on any atom is 0.344 e. The first kappa shape index (κ1) is 20.4. The molecule has 0 aromatic heterocycles. The van der Waals surface area contributed by atoms with Crippen molar-refractivity contribution in [1.82, 2.24) is 0 Å². The first-order chi connectivity index (χ1) is 13.6. The molecule has 1 saturated carbocycles. The second kappa shape index (κ2) is 8.78. The molecule has 1 atom stereocenters. The number of ether oxygens (including phenoxy) is 3. The van der Waals surface area contributed by atoms with Crippen molar-refractivity contribution in [1.29, 1.82) is 0 Å². The van der Waals surface area contributed by atoms with E-state index < -0.39 is 17.5 Å². The van der Waals surface area contributed by atoms with Crippen LogP contribution in [-0.2, 0) is 29.4 Å². The molecule has 0 radical (unpaired) electrons. The van der Waals surface area contributed by atoms with Gasteiger partial charge in [0.2, 0.25) is 5.90 Å². The van der Waals surface area contributed by atoms with Gasteiger partial charge in [0, 0.05) is 5.56 Å². The molecule has 150 valence electrons. The zero-order valence-electron chi connectivity index (χ0n) is 16.1. The van der Waals surface area contributed by atoms with Gasteiger partial charge in [0.05, 0.1) is 26.1 Å². The molecule has 1 aromatic carbocycles. The Kier molecular flexibility index (Phi) is 6.39. The highest BCUT2D eigenvalue weighted by Gasteiger charge is 2.53. The van der Waals surface area contributed by atoms with Gasteiger partial charge in [0.1, 0.15) is 11.1 Å². The quantitative estimate of drug-likeness (QED) is 0.553. The minimum absolute atomic E-state index is 0.00979. The van der Waals surface area contributed by atoms with Gasteiger partial charge in [-0.3, -0.25) is 0 Å². The average molecular weight is 406 g/mol. The molecule has 2 aliphatic rings. The summed E-state index contributed by atoms with van der Waals surface area (Å²) in [6.45, 7) is 0. The molecule has 28 heavy (non-hydrogen) atoms. The Labute approximate surface area is 169 Å². The summed E-state index contributed by atoms with van der Waals surface area (Å²) in [6, 6.07) is 9.10. The number of nitrogens with zero attached hydrogens (tertiary/aromatic N) is 1. The number of benzene rings is 1. The maximum atomic E-state index is 12.7. The molecule has 1 unspecified atom stereocenters. The lowest BCUT2D eigenvalue weighted by atomic mass is 9.86. The third kappa shape index (κ3) is 3.65. The lowest BCUT2D eigenvalue weighted by Crippen LogP contribution is -2.35. The van der Waals surface area contributed by atoms with E-state index in [1.54, 1.807) is 12.1 Å². The summed E-state index contributed by atoms with van der Waals surface area (Å²) in [4.78, 5) is 30.1. The van der Waals surface area contributed by atoms with Crippen LogP contribution in [0.25, 0.3) is 0 Å². The second-order valence-electron chi connectivity index (χ2n) is 6.89. The molecule has 6 nitrogen and oxygen atoms in total. The zero-order chi connectivity index (χ0) is 20.1. The van der Waals surface area contributed by atoms with Gasteiger partial charge < -0.3 is 14.2 Å². The summed E-state index contributed by atoms with van der Waals surface area (Å²) in [5.74, 6) is -1.38.